The van der Waals surface area contributed by atoms with Crippen LogP contribution in [0.25, 0.3) is 0 Å². The predicted molar refractivity (Wildman–Crippen MR) is 81.1 cm³/mol. The number of carbonyl (C=O) groups is 1. The SMILES string of the molecule is CCc1nn(CC)c(CC(=O)c2cc(F)ccc2N)c1Cl. The van der Waals surface area contributed by atoms with Crippen molar-refractivity contribution in [2.45, 2.75) is 33.2 Å². The highest BCUT2D eigenvalue weighted by molar-refractivity contribution is 6.32. The van der Waals surface area contributed by atoms with Gasteiger partial charge < -0.3 is 5.73 Å². The number of ketones is 1. The standard InChI is InChI=1S/C15H17ClFN3O/c1-3-12-15(16)13(20(4-2)19-12)8-14(21)10-7-9(17)5-6-11(10)18/h5-7H,3-4,8,18H2,1-2H3. The number of benzene rings is 1. The predicted octanol–water partition coefficient (Wildman–Crippen LogP) is 3.27. The van der Waals surface area contributed by atoms with Gasteiger partial charge in [0.05, 0.1) is 22.8 Å². The van der Waals surface area contributed by atoms with Crippen molar-refractivity contribution in [3.8, 4) is 0 Å². The third-order valence-corrected chi connectivity index (χ3v) is 3.77. The van der Waals surface area contributed by atoms with E-state index in [2.05, 4.69) is 5.10 Å². The van der Waals surface area contributed by atoms with Crippen LogP contribution in [0.4, 0.5) is 10.1 Å². The van der Waals surface area contributed by atoms with Crippen molar-refractivity contribution in [3.05, 3.63) is 46.0 Å². The molecule has 0 amide bonds. The molecular formula is C15H17ClFN3O. The molecule has 0 unspecified atom stereocenters. The van der Waals surface area contributed by atoms with Crippen LogP contribution in [0.3, 0.4) is 0 Å². The first-order valence-corrected chi connectivity index (χ1v) is 7.18. The van der Waals surface area contributed by atoms with Crippen LogP contribution in [-0.4, -0.2) is 15.6 Å². The van der Waals surface area contributed by atoms with E-state index in [4.69, 9.17) is 17.3 Å². The van der Waals surface area contributed by atoms with Gasteiger partial charge in [0.25, 0.3) is 0 Å². The van der Waals surface area contributed by atoms with Crippen LogP contribution in [-0.2, 0) is 19.4 Å². The van der Waals surface area contributed by atoms with Gasteiger partial charge in [-0.15, -0.1) is 0 Å². The molecule has 6 heteroatoms. The van der Waals surface area contributed by atoms with Crippen LogP contribution in [0, 0.1) is 5.82 Å². The van der Waals surface area contributed by atoms with Gasteiger partial charge in [-0.05, 0) is 31.5 Å². The van der Waals surface area contributed by atoms with Crippen LogP contribution in [0.15, 0.2) is 18.2 Å². The zero-order chi connectivity index (χ0) is 15.6. The fourth-order valence-corrected chi connectivity index (χ4v) is 2.54. The molecular weight excluding hydrogens is 293 g/mol. The lowest BCUT2D eigenvalue weighted by Crippen LogP contribution is -2.12. The molecule has 0 fully saturated rings. The van der Waals surface area contributed by atoms with E-state index >= 15 is 0 Å². The molecule has 112 valence electrons. The number of halogens is 2. The van der Waals surface area contributed by atoms with Crippen molar-refractivity contribution in [3.63, 3.8) is 0 Å². The Kier molecular flexibility index (Phi) is 4.63. The molecule has 2 N–H and O–H groups in total. The first-order chi connectivity index (χ1) is 9.97. The summed E-state index contributed by atoms with van der Waals surface area (Å²) in [6.07, 6.45) is 0.739. The van der Waals surface area contributed by atoms with Gasteiger partial charge in [0.1, 0.15) is 5.82 Å². The van der Waals surface area contributed by atoms with Crippen LogP contribution >= 0.6 is 11.6 Å². The number of aromatic nitrogens is 2. The minimum atomic E-state index is -0.489. The second-order valence-corrected chi connectivity index (χ2v) is 5.09. The van der Waals surface area contributed by atoms with Gasteiger partial charge in [-0.25, -0.2) is 4.39 Å². The highest BCUT2D eigenvalue weighted by atomic mass is 35.5. The van der Waals surface area contributed by atoms with Gasteiger partial charge in [0.2, 0.25) is 0 Å². The first-order valence-electron chi connectivity index (χ1n) is 6.80. The molecule has 1 aromatic heterocycles. The minimum absolute atomic E-state index is 0.0489. The summed E-state index contributed by atoms with van der Waals surface area (Å²) in [6, 6.07) is 3.77. The largest absolute Gasteiger partial charge is 0.398 e. The molecule has 2 rings (SSSR count). The number of carbonyl (C=O) groups excluding carboxylic acids is 1. The summed E-state index contributed by atoms with van der Waals surface area (Å²) < 4.78 is 15.0. The smallest absolute Gasteiger partial charge is 0.171 e. The lowest BCUT2D eigenvalue weighted by molar-refractivity contribution is 0.0991. The number of anilines is 1. The van der Waals surface area contributed by atoms with E-state index in [1.54, 1.807) is 4.68 Å². The Balaban J connectivity index is 2.35. The average molecular weight is 310 g/mol. The van der Waals surface area contributed by atoms with Gasteiger partial charge in [-0.3, -0.25) is 9.48 Å². The zero-order valence-electron chi connectivity index (χ0n) is 12.0. The summed E-state index contributed by atoms with van der Waals surface area (Å²) in [5.74, 6) is -0.761. The lowest BCUT2D eigenvalue weighted by Gasteiger charge is -2.07. The molecule has 0 aliphatic carbocycles. The normalized spacial score (nSPS) is 10.9. The number of rotatable bonds is 5. The Morgan fingerprint density at radius 1 is 1.43 bits per heavy atom. The highest BCUT2D eigenvalue weighted by Crippen LogP contribution is 2.24. The maximum Gasteiger partial charge on any atom is 0.171 e. The van der Waals surface area contributed by atoms with Gasteiger partial charge >= 0.3 is 0 Å². The summed E-state index contributed by atoms with van der Waals surface area (Å²) in [6.45, 7) is 4.48. The molecule has 1 aromatic carbocycles. The van der Waals surface area contributed by atoms with Crippen molar-refractivity contribution in [2.75, 3.05) is 5.73 Å². The maximum absolute atomic E-state index is 13.3. The molecule has 2 aromatic rings. The van der Waals surface area contributed by atoms with E-state index in [0.717, 1.165) is 11.8 Å². The molecule has 0 aliphatic heterocycles. The molecule has 0 spiro atoms. The average Bonchev–Trinajstić information content (AvgIpc) is 2.77. The summed E-state index contributed by atoms with van der Waals surface area (Å²) in [7, 11) is 0. The first kappa shape index (κ1) is 15.5. The van der Waals surface area contributed by atoms with E-state index < -0.39 is 5.82 Å². The number of hydrogen-bond donors (Lipinski definition) is 1. The number of nitrogens with two attached hydrogens (primary N) is 1. The van der Waals surface area contributed by atoms with E-state index in [1.807, 2.05) is 13.8 Å². The second-order valence-electron chi connectivity index (χ2n) is 4.71. The Labute approximate surface area is 127 Å². The molecule has 4 nitrogen and oxygen atoms in total. The van der Waals surface area contributed by atoms with Crippen LogP contribution in [0.2, 0.25) is 5.02 Å². The molecule has 0 aliphatic rings. The Morgan fingerprint density at radius 3 is 2.76 bits per heavy atom. The van der Waals surface area contributed by atoms with Gasteiger partial charge in [-0.2, -0.15) is 5.10 Å². The maximum atomic E-state index is 13.3. The fourth-order valence-electron chi connectivity index (χ4n) is 2.20. The lowest BCUT2D eigenvalue weighted by atomic mass is 10.0. The van der Waals surface area contributed by atoms with Gasteiger partial charge in [0, 0.05) is 17.8 Å². The number of nitrogens with zero attached hydrogens (tertiary/aromatic N) is 2. The summed E-state index contributed by atoms with van der Waals surface area (Å²) >= 11 is 6.27. The molecule has 0 bridgehead atoms. The molecule has 1 heterocycles. The summed E-state index contributed by atoms with van der Waals surface area (Å²) in [4.78, 5) is 12.4. The topological polar surface area (TPSA) is 60.9 Å². The van der Waals surface area contributed by atoms with Gasteiger partial charge in [0.15, 0.2) is 5.78 Å². The van der Waals surface area contributed by atoms with E-state index in [1.165, 1.54) is 12.1 Å². The number of hydrogen-bond acceptors (Lipinski definition) is 3. The van der Waals surface area contributed by atoms with Crippen LogP contribution < -0.4 is 5.73 Å². The quantitative estimate of drug-likeness (QED) is 0.681. The van der Waals surface area contributed by atoms with Crippen molar-refractivity contribution >= 4 is 23.1 Å². The minimum Gasteiger partial charge on any atom is -0.398 e. The number of Topliss-reactive ketones (excluding diaryl/α,β-unsaturated/α-hetero) is 1. The van der Waals surface area contributed by atoms with Crippen molar-refractivity contribution in [2.24, 2.45) is 0 Å². The Bertz CT molecular complexity index is 682. The molecule has 0 radical (unpaired) electrons. The van der Waals surface area contributed by atoms with E-state index in [-0.39, 0.29) is 23.5 Å². The Morgan fingerprint density at radius 2 is 2.14 bits per heavy atom. The van der Waals surface area contributed by atoms with Crippen LogP contribution in [0.1, 0.15) is 35.6 Å². The van der Waals surface area contributed by atoms with Crippen molar-refractivity contribution in [1.82, 2.24) is 9.78 Å². The highest BCUT2D eigenvalue weighted by Gasteiger charge is 2.19. The van der Waals surface area contributed by atoms with Gasteiger partial charge in [-0.1, -0.05) is 18.5 Å². The zero-order valence-corrected chi connectivity index (χ0v) is 12.7. The molecule has 0 saturated heterocycles. The summed E-state index contributed by atoms with van der Waals surface area (Å²) in [5, 5.41) is 4.86. The van der Waals surface area contributed by atoms with Crippen molar-refractivity contribution in [1.29, 1.82) is 0 Å². The number of nitrogen functional groups attached to an aromatic ring is 1. The monoisotopic (exact) mass is 309 g/mol. The van der Waals surface area contributed by atoms with E-state index in [9.17, 15) is 9.18 Å². The third-order valence-electron chi connectivity index (χ3n) is 3.34. The Hall–Kier alpha value is -1.88. The third kappa shape index (κ3) is 3.08. The molecule has 0 atom stereocenters. The second kappa shape index (κ2) is 6.26. The van der Waals surface area contributed by atoms with Crippen molar-refractivity contribution < 1.29 is 9.18 Å². The summed E-state index contributed by atoms with van der Waals surface area (Å²) in [5.41, 5.74) is 7.58. The molecule has 21 heavy (non-hydrogen) atoms. The number of aryl methyl sites for hydroxylation is 2. The fraction of sp³-hybridized carbons (Fsp3) is 0.333. The molecule has 0 saturated carbocycles. The van der Waals surface area contributed by atoms with E-state index in [0.29, 0.717) is 23.7 Å². The van der Waals surface area contributed by atoms with Crippen LogP contribution in [0.5, 0.6) is 0 Å².